The number of rotatable bonds is 5. The fourth-order valence-corrected chi connectivity index (χ4v) is 3.95. The Labute approximate surface area is 174 Å². The molecule has 2 heterocycles. The highest BCUT2D eigenvalue weighted by atomic mass is 16.4. The lowest BCUT2D eigenvalue weighted by Gasteiger charge is -2.29. The summed E-state index contributed by atoms with van der Waals surface area (Å²) in [7, 11) is 0. The van der Waals surface area contributed by atoms with Crippen LogP contribution in [0.5, 0.6) is 0 Å². The summed E-state index contributed by atoms with van der Waals surface area (Å²) in [5, 5.41) is 2.76. The van der Waals surface area contributed by atoms with Crippen molar-refractivity contribution < 1.29 is 14.0 Å². The average molecular weight is 401 g/mol. The normalized spacial score (nSPS) is 15.5. The maximum atomic E-state index is 12.9. The first-order valence-corrected chi connectivity index (χ1v) is 10.4. The molecule has 6 heteroatoms. The van der Waals surface area contributed by atoms with Crippen molar-refractivity contribution in [2.45, 2.75) is 31.6 Å². The highest BCUT2D eigenvalue weighted by Crippen LogP contribution is 2.43. The Bertz CT molecular complexity index is 1090. The van der Waals surface area contributed by atoms with Gasteiger partial charge < -0.3 is 14.6 Å². The van der Waals surface area contributed by atoms with Gasteiger partial charge in [-0.05, 0) is 49.4 Å². The second-order valence-electron chi connectivity index (χ2n) is 7.83. The van der Waals surface area contributed by atoms with Crippen LogP contribution in [-0.4, -0.2) is 29.9 Å². The minimum Gasteiger partial charge on any atom is -0.440 e. The van der Waals surface area contributed by atoms with Crippen LogP contribution in [0.1, 0.15) is 47.0 Å². The van der Waals surface area contributed by atoms with E-state index >= 15 is 0 Å². The van der Waals surface area contributed by atoms with Gasteiger partial charge in [-0.15, -0.1) is 0 Å². The van der Waals surface area contributed by atoms with Gasteiger partial charge in [0.1, 0.15) is 5.76 Å². The van der Waals surface area contributed by atoms with Crippen LogP contribution in [0.3, 0.4) is 0 Å². The highest BCUT2D eigenvalue weighted by molar-refractivity contribution is 6.00. The number of carbonyl (C=O) groups is 2. The van der Waals surface area contributed by atoms with E-state index in [1.165, 1.54) is 5.56 Å². The molecule has 0 radical (unpaired) electrons. The number of para-hydroxylation sites is 1. The predicted octanol–water partition coefficient (Wildman–Crippen LogP) is 3.93. The maximum absolute atomic E-state index is 12.9. The van der Waals surface area contributed by atoms with Gasteiger partial charge in [0.2, 0.25) is 11.8 Å². The number of aromatic nitrogens is 1. The molecule has 152 valence electrons. The molecule has 1 saturated carbocycles. The molecule has 1 fully saturated rings. The molecule has 3 aromatic rings. The summed E-state index contributed by atoms with van der Waals surface area (Å²) in [5.41, 5.74) is 3.24. The van der Waals surface area contributed by atoms with Crippen molar-refractivity contribution in [3.63, 3.8) is 0 Å². The standard InChI is InChI=1S/C24H23N3O3/c28-20(27-14-6-10-16-7-4-5-11-19(16)27)15-25-23(29)21-22(17-12-13-17)30-24(26-21)18-8-2-1-3-9-18/h1-5,7-9,11,17H,6,10,12-15H2,(H,25,29). The number of hydrogen-bond donors (Lipinski definition) is 1. The summed E-state index contributed by atoms with van der Waals surface area (Å²) in [6.07, 6.45) is 3.88. The van der Waals surface area contributed by atoms with Crippen LogP contribution in [0.4, 0.5) is 5.69 Å². The number of fused-ring (bicyclic) bond motifs is 1. The Hall–Kier alpha value is -3.41. The first-order chi connectivity index (χ1) is 14.7. The molecule has 0 bridgehead atoms. The number of oxazole rings is 1. The van der Waals surface area contributed by atoms with Crippen LogP contribution in [0.2, 0.25) is 0 Å². The van der Waals surface area contributed by atoms with E-state index in [9.17, 15) is 9.59 Å². The molecule has 2 aliphatic rings. The third kappa shape index (κ3) is 3.61. The van der Waals surface area contributed by atoms with Crippen molar-refractivity contribution in [1.82, 2.24) is 10.3 Å². The summed E-state index contributed by atoms with van der Waals surface area (Å²) >= 11 is 0. The van der Waals surface area contributed by atoms with E-state index in [0.29, 0.717) is 23.9 Å². The Morgan fingerprint density at radius 3 is 2.63 bits per heavy atom. The topological polar surface area (TPSA) is 75.4 Å². The number of amides is 2. The van der Waals surface area contributed by atoms with Crippen molar-refractivity contribution in [2.24, 2.45) is 0 Å². The summed E-state index contributed by atoms with van der Waals surface area (Å²) in [6, 6.07) is 17.5. The molecule has 2 amide bonds. The van der Waals surface area contributed by atoms with Gasteiger partial charge >= 0.3 is 0 Å². The highest BCUT2D eigenvalue weighted by Gasteiger charge is 2.34. The largest absolute Gasteiger partial charge is 0.440 e. The van der Waals surface area contributed by atoms with E-state index in [0.717, 1.165) is 36.9 Å². The zero-order chi connectivity index (χ0) is 20.5. The molecule has 0 saturated heterocycles. The van der Waals surface area contributed by atoms with Gasteiger partial charge in [0.25, 0.3) is 5.91 Å². The lowest BCUT2D eigenvalue weighted by molar-refractivity contribution is -0.117. The van der Waals surface area contributed by atoms with Crippen LogP contribution in [0.25, 0.3) is 11.5 Å². The van der Waals surface area contributed by atoms with Crippen molar-refractivity contribution in [3.8, 4) is 11.5 Å². The van der Waals surface area contributed by atoms with E-state index in [1.54, 1.807) is 4.90 Å². The fraction of sp³-hybridized carbons (Fsp3) is 0.292. The fourth-order valence-electron chi connectivity index (χ4n) is 3.95. The number of aryl methyl sites for hydroxylation is 1. The summed E-state index contributed by atoms with van der Waals surface area (Å²) in [4.78, 5) is 31.9. The first kappa shape index (κ1) is 18.6. The van der Waals surface area contributed by atoms with Crippen LogP contribution in [-0.2, 0) is 11.2 Å². The SMILES string of the molecule is O=C(NCC(=O)N1CCCc2ccccc21)c1nc(-c2ccccc2)oc1C1CC1. The van der Waals surface area contributed by atoms with Crippen LogP contribution >= 0.6 is 0 Å². The molecule has 6 nitrogen and oxygen atoms in total. The van der Waals surface area contributed by atoms with Gasteiger partial charge in [0.05, 0.1) is 6.54 Å². The molecule has 1 N–H and O–H groups in total. The van der Waals surface area contributed by atoms with Crippen molar-refractivity contribution in [3.05, 3.63) is 71.6 Å². The molecule has 1 aromatic heterocycles. The number of hydrogen-bond acceptors (Lipinski definition) is 4. The van der Waals surface area contributed by atoms with Gasteiger partial charge in [-0.1, -0.05) is 36.4 Å². The third-order valence-electron chi connectivity index (χ3n) is 5.65. The van der Waals surface area contributed by atoms with E-state index in [-0.39, 0.29) is 24.3 Å². The van der Waals surface area contributed by atoms with E-state index in [2.05, 4.69) is 16.4 Å². The smallest absolute Gasteiger partial charge is 0.274 e. The van der Waals surface area contributed by atoms with Crippen LogP contribution in [0.15, 0.2) is 59.0 Å². The van der Waals surface area contributed by atoms with Crippen LogP contribution < -0.4 is 10.2 Å². The molecule has 0 spiro atoms. The van der Waals surface area contributed by atoms with E-state index < -0.39 is 0 Å². The van der Waals surface area contributed by atoms with E-state index in [4.69, 9.17) is 4.42 Å². The molecule has 1 aliphatic carbocycles. The second kappa shape index (κ2) is 7.78. The third-order valence-corrected chi connectivity index (χ3v) is 5.65. The Morgan fingerprint density at radius 1 is 1.07 bits per heavy atom. The average Bonchev–Trinajstić information content (AvgIpc) is 3.55. The zero-order valence-electron chi connectivity index (χ0n) is 16.6. The van der Waals surface area contributed by atoms with Crippen molar-refractivity contribution in [2.75, 3.05) is 18.0 Å². The lowest BCUT2D eigenvalue weighted by atomic mass is 10.0. The summed E-state index contributed by atoms with van der Waals surface area (Å²) in [6.45, 7) is 0.603. The lowest BCUT2D eigenvalue weighted by Crippen LogP contribution is -2.42. The number of carbonyl (C=O) groups excluding carboxylic acids is 2. The van der Waals surface area contributed by atoms with Crippen LogP contribution in [0, 0.1) is 0 Å². The van der Waals surface area contributed by atoms with Gasteiger partial charge in [0, 0.05) is 23.7 Å². The quantitative estimate of drug-likeness (QED) is 0.703. The van der Waals surface area contributed by atoms with Gasteiger partial charge in [-0.25, -0.2) is 4.98 Å². The maximum Gasteiger partial charge on any atom is 0.274 e. The monoisotopic (exact) mass is 401 g/mol. The number of benzene rings is 2. The van der Waals surface area contributed by atoms with Gasteiger partial charge in [0.15, 0.2) is 5.69 Å². The number of nitrogens with one attached hydrogen (secondary N) is 1. The Balaban J connectivity index is 1.32. The molecule has 0 atom stereocenters. The second-order valence-corrected chi connectivity index (χ2v) is 7.83. The summed E-state index contributed by atoms with van der Waals surface area (Å²) < 4.78 is 5.95. The minimum absolute atomic E-state index is 0.0647. The molecule has 0 unspecified atom stereocenters. The van der Waals surface area contributed by atoms with Crippen molar-refractivity contribution >= 4 is 17.5 Å². The predicted molar refractivity (Wildman–Crippen MR) is 113 cm³/mol. The van der Waals surface area contributed by atoms with E-state index in [1.807, 2.05) is 48.5 Å². The number of nitrogens with zero attached hydrogens (tertiary/aromatic N) is 2. The Morgan fingerprint density at radius 2 is 1.83 bits per heavy atom. The van der Waals surface area contributed by atoms with Gasteiger partial charge in [-0.3, -0.25) is 9.59 Å². The molecule has 5 rings (SSSR count). The number of anilines is 1. The molecule has 30 heavy (non-hydrogen) atoms. The van der Waals surface area contributed by atoms with Crippen molar-refractivity contribution in [1.29, 1.82) is 0 Å². The molecular weight excluding hydrogens is 378 g/mol. The van der Waals surface area contributed by atoms with Gasteiger partial charge in [-0.2, -0.15) is 0 Å². The zero-order valence-corrected chi connectivity index (χ0v) is 16.6. The minimum atomic E-state index is -0.360. The molecular formula is C24H23N3O3. The summed E-state index contributed by atoms with van der Waals surface area (Å²) in [5.74, 6) is 0.832. The molecule has 1 aliphatic heterocycles. The molecule has 2 aromatic carbocycles. The Kier molecular flexibility index (Phi) is 4.83. The first-order valence-electron chi connectivity index (χ1n) is 10.4.